The third-order valence-electron chi connectivity index (χ3n) is 2.75. The molecule has 0 aromatic carbocycles. The summed E-state index contributed by atoms with van der Waals surface area (Å²) in [4.78, 5) is 11.4. The molecule has 0 spiro atoms. The van der Waals surface area contributed by atoms with E-state index >= 15 is 0 Å². The van der Waals surface area contributed by atoms with E-state index < -0.39 is 18.6 Å². The van der Waals surface area contributed by atoms with Gasteiger partial charge in [0.25, 0.3) is 0 Å². The molecule has 0 radical (unpaired) electrons. The molecule has 0 saturated heterocycles. The van der Waals surface area contributed by atoms with Crippen molar-refractivity contribution in [1.29, 1.82) is 0 Å². The number of unbranched alkanes of at least 4 members (excludes halogenated alkanes) is 1. The molecule has 3 N–H and O–H groups in total. The molecule has 0 saturated carbocycles. The lowest BCUT2D eigenvalue weighted by Crippen LogP contribution is -2.44. The van der Waals surface area contributed by atoms with E-state index in [1.165, 1.54) is 0 Å². The molecule has 102 valence electrons. The monoisotopic (exact) mass is 254 g/mol. The van der Waals surface area contributed by atoms with E-state index in [0.29, 0.717) is 6.42 Å². The van der Waals surface area contributed by atoms with E-state index in [1.54, 1.807) is 0 Å². The number of nitrogens with one attached hydrogen (secondary N) is 1. The van der Waals surface area contributed by atoms with Crippen molar-refractivity contribution in [3.8, 4) is 0 Å². The van der Waals surface area contributed by atoms with Gasteiger partial charge in [-0.1, -0.05) is 20.3 Å². The van der Waals surface area contributed by atoms with Crippen LogP contribution in [0.3, 0.4) is 0 Å². The molecule has 2 unspecified atom stereocenters. The minimum Gasteiger partial charge on any atom is -0.355 e. The quantitative estimate of drug-likeness (QED) is 0.684. The fraction of sp³-hybridized carbons (Fsp3) is 0.909. The average Bonchev–Trinajstić information content (AvgIpc) is 2.24. The zero-order chi connectivity index (χ0) is 13.5. The number of hydrogen-bond acceptors (Lipinski definition) is 2. The van der Waals surface area contributed by atoms with Crippen LogP contribution in [-0.4, -0.2) is 24.7 Å². The highest BCUT2D eigenvalue weighted by Crippen LogP contribution is 2.21. The second kappa shape index (κ2) is 7.53. The van der Waals surface area contributed by atoms with Gasteiger partial charge in [-0.3, -0.25) is 4.79 Å². The molecule has 0 heterocycles. The van der Waals surface area contributed by atoms with E-state index in [1.807, 2.05) is 13.8 Å². The summed E-state index contributed by atoms with van der Waals surface area (Å²) < 4.78 is 35.4. The van der Waals surface area contributed by atoms with E-state index in [9.17, 15) is 18.0 Å². The molecule has 0 aliphatic rings. The van der Waals surface area contributed by atoms with Crippen LogP contribution in [0.5, 0.6) is 0 Å². The van der Waals surface area contributed by atoms with Crippen LogP contribution in [-0.2, 0) is 4.79 Å². The molecule has 6 heteroatoms. The normalized spacial score (nSPS) is 15.4. The minimum absolute atomic E-state index is 0.0301. The Morgan fingerprint density at radius 1 is 1.35 bits per heavy atom. The van der Waals surface area contributed by atoms with E-state index in [4.69, 9.17) is 5.73 Å². The summed E-state index contributed by atoms with van der Waals surface area (Å²) in [6.07, 6.45) is -3.78. The van der Waals surface area contributed by atoms with Crippen molar-refractivity contribution in [2.75, 3.05) is 6.54 Å². The lowest BCUT2D eigenvalue weighted by molar-refractivity contribution is -0.135. The second-order valence-corrected chi connectivity index (χ2v) is 4.27. The second-order valence-electron chi connectivity index (χ2n) is 4.27. The zero-order valence-electron chi connectivity index (χ0n) is 10.3. The van der Waals surface area contributed by atoms with Gasteiger partial charge in [0, 0.05) is 13.0 Å². The Morgan fingerprint density at radius 3 is 2.41 bits per heavy atom. The van der Waals surface area contributed by atoms with E-state index in [-0.39, 0.29) is 24.8 Å². The molecule has 0 aliphatic carbocycles. The number of alkyl halides is 3. The Kier molecular flexibility index (Phi) is 7.18. The maximum Gasteiger partial charge on any atom is 0.389 e. The first-order valence-corrected chi connectivity index (χ1v) is 5.88. The van der Waals surface area contributed by atoms with Gasteiger partial charge in [-0.05, 0) is 18.8 Å². The Labute approximate surface area is 99.9 Å². The molecule has 3 nitrogen and oxygen atoms in total. The van der Waals surface area contributed by atoms with Crippen molar-refractivity contribution in [2.24, 2.45) is 11.7 Å². The highest BCUT2D eigenvalue weighted by Gasteiger charge is 2.26. The third-order valence-corrected chi connectivity index (χ3v) is 2.75. The first-order chi connectivity index (χ1) is 7.78. The minimum atomic E-state index is -4.11. The summed E-state index contributed by atoms with van der Waals surface area (Å²) in [7, 11) is 0. The molecular formula is C11H21F3N2O. The highest BCUT2D eigenvalue weighted by atomic mass is 19.4. The Hall–Kier alpha value is -0.780. The number of nitrogens with two attached hydrogens (primary N) is 1. The lowest BCUT2D eigenvalue weighted by atomic mass is 9.99. The topological polar surface area (TPSA) is 55.1 Å². The number of rotatable bonds is 7. The number of hydrogen-bond donors (Lipinski definition) is 2. The number of carbonyl (C=O) groups is 1. The largest absolute Gasteiger partial charge is 0.389 e. The Morgan fingerprint density at radius 2 is 1.94 bits per heavy atom. The molecule has 17 heavy (non-hydrogen) atoms. The number of amides is 1. The summed E-state index contributed by atoms with van der Waals surface area (Å²) in [5, 5.41) is 2.55. The first-order valence-electron chi connectivity index (χ1n) is 5.88. The molecule has 0 fully saturated rings. The molecular weight excluding hydrogens is 233 g/mol. The summed E-state index contributed by atoms with van der Waals surface area (Å²) in [6, 6.07) is -0.581. The van der Waals surface area contributed by atoms with Crippen molar-refractivity contribution in [3.63, 3.8) is 0 Å². The predicted octanol–water partition coefficient (Wildman–Crippen LogP) is 2.21. The van der Waals surface area contributed by atoms with Gasteiger partial charge in [0.05, 0.1) is 6.04 Å². The van der Waals surface area contributed by atoms with Gasteiger partial charge in [0.15, 0.2) is 0 Å². The van der Waals surface area contributed by atoms with Crippen LogP contribution in [0, 0.1) is 5.92 Å². The molecule has 0 aromatic heterocycles. The van der Waals surface area contributed by atoms with Gasteiger partial charge in [0.1, 0.15) is 0 Å². The van der Waals surface area contributed by atoms with Crippen LogP contribution >= 0.6 is 0 Å². The SMILES string of the molecule is CCC(C)C(N)C(=O)NCCCCC(F)(F)F. The van der Waals surface area contributed by atoms with Crippen LogP contribution < -0.4 is 11.1 Å². The van der Waals surface area contributed by atoms with Crippen LogP contribution in [0.1, 0.15) is 39.5 Å². The van der Waals surface area contributed by atoms with Crippen LogP contribution in [0.4, 0.5) is 13.2 Å². The maximum absolute atomic E-state index is 11.8. The molecule has 0 rings (SSSR count). The summed E-state index contributed by atoms with van der Waals surface area (Å²) in [5.74, 6) is -0.212. The van der Waals surface area contributed by atoms with Gasteiger partial charge >= 0.3 is 6.18 Å². The number of halogens is 3. The van der Waals surface area contributed by atoms with Gasteiger partial charge < -0.3 is 11.1 Å². The van der Waals surface area contributed by atoms with E-state index in [0.717, 1.165) is 6.42 Å². The first kappa shape index (κ1) is 16.2. The summed E-state index contributed by atoms with van der Waals surface area (Å²) >= 11 is 0. The summed E-state index contributed by atoms with van der Waals surface area (Å²) in [5.41, 5.74) is 5.66. The summed E-state index contributed by atoms with van der Waals surface area (Å²) in [6.45, 7) is 4.05. The van der Waals surface area contributed by atoms with Crippen molar-refractivity contribution < 1.29 is 18.0 Å². The standard InChI is InChI=1S/C11H21F3N2O/c1-3-8(2)9(15)10(17)16-7-5-4-6-11(12,13)14/h8-9H,3-7,15H2,1-2H3,(H,16,17). The Bertz CT molecular complexity index is 231. The molecule has 0 aliphatic heterocycles. The Balaban J connectivity index is 3.65. The highest BCUT2D eigenvalue weighted by molar-refractivity contribution is 5.81. The van der Waals surface area contributed by atoms with Gasteiger partial charge in [0.2, 0.25) is 5.91 Å². The zero-order valence-corrected chi connectivity index (χ0v) is 10.3. The molecule has 0 bridgehead atoms. The molecule has 1 amide bonds. The van der Waals surface area contributed by atoms with Crippen molar-refractivity contribution in [1.82, 2.24) is 5.32 Å². The predicted molar refractivity (Wildman–Crippen MR) is 60.3 cm³/mol. The van der Waals surface area contributed by atoms with E-state index in [2.05, 4.69) is 5.32 Å². The van der Waals surface area contributed by atoms with Gasteiger partial charge in [-0.15, -0.1) is 0 Å². The van der Waals surface area contributed by atoms with Gasteiger partial charge in [-0.2, -0.15) is 13.2 Å². The number of carbonyl (C=O) groups excluding carboxylic acids is 1. The maximum atomic E-state index is 11.8. The smallest absolute Gasteiger partial charge is 0.355 e. The average molecular weight is 254 g/mol. The molecule has 0 aromatic rings. The van der Waals surface area contributed by atoms with Crippen molar-refractivity contribution in [3.05, 3.63) is 0 Å². The molecule has 2 atom stereocenters. The van der Waals surface area contributed by atoms with Crippen LogP contribution in [0.2, 0.25) is 0 Å². The van der Waals surface area contributed by atoms with Gasteiger partial charge in [-0.25, -0.2) is 0 Å². The van der Waals surface area contributed by atoms with Crippen LogP contribution in [0.25, 0.3) is 0 Å². The fourth-order valence-electron chi connectivity index (χ4n) is 1.29. The third kappa shape index (κ3) is 8.01. The van der Waals surface area contributed by atoms with Crippen LogP contribution in [0.15, 0.2) is 0 Å². The fourth-order valence-corrected chi connectivity index (χ4v) is 1.29. The van der Waals surface area contributed by atoms with Crippen molar-refractivity contribution >= 4 is 5.91 Å². The lowest BCUT2D eigenvalue weighted by Gasteiger charge is -2.17. The van der Waals surface area contributed by atoms with Crippen molar-refractivity contribution in [2.45, 2.75) is 51.7 Å².